The summed E-state index contributed by atoms with van der Waals surface area (Å²) in [5.74, 6) is -0.723. The molecule has 1 aliphatic rings. The van der Waals surface area contributed by atoms with E-state index in [9.17, 15) is 19.1 Å². The van der Waals surface area contributed by atoms with Gasteiger partial charge in [-0.2, -0.15) is 0 Å². The molecule has 5 heteroatoms. The first-order valence-electron chi connectivity index (χ1n) is 14.0. The van der Waals surface area contributed by atoms with Crippen molar-refractivity contribution in [2.75, 3.05) is 0 Å². The molecule has 1 amide bonds. The Morgan fingerprint density at radius 2 is 1.56 bits per heavy atom. The zero-order valence-electron chi connectivity index (χ0n) is 23.6. The molecule has 4 aromatic rings. The fraction of sp³-hybridized carbons (Fsp3) is 0.222. The predicted octanol–water partition coefficient (Wildman–Crippen LogP) is 8.28. The van der Waals surface area contributed by atoms with Gasteiger partial charge in [-0.1, -0.05) is 73.2 Å². The van der Waals surface area contributed by atoms with Crippen LogP contribution in [0.15, 0.2) is 96.6 Å². The lowest BCUT2D eigenvalue weighted by Gasteiger charge is -2.24. The van der Waals surface area contributed by atoms with E-state index in [1.807, 2.05) is 36.4 Å². The fourth-order valence-corrected chi connectivity index (χ4v) is 5.81. The van der Waals surface area contributed by atoms with Gasteiger partial charge in [-0.25, -0.2) is 9.18 Å². The van der Waals surface area contributed by atoms with Gasteiger partial charge in [0, 0.05) is 12.1 Å². The minimum atomic E-state index is -0.929. The molecule has 0 aliphatic heterocycles. The molecule has 0 spiro atoms. The quantitative estimate of drug-likeness (QED) is 0.245. The first-order valence-corrected chi connectivity index (χ1v) is 14.0. The number of amides is 1. The van der Waals surface area contributed by atoms with Crippen molar-refractivity contribution < 1.29 is 19.1 Å². The smallest absolute Gasteiger partial charge is 0.336 e. The van der Waals surface area contributed by atoms with E-state index >= 15 is 0 Å². The number of carbonyl (C=O) groups is 2. The average molecular weight is 548 g/mol. The maximum atomic E-state index is 13.2. The molecule has 5 rings (SSSR count). The molecule has 0 fully saturated rings. The highest BCUT2D eigenvalue weighted by molar-refractivity contribution is 5.96. The summed E-state index contributed by atoms with van der Waals surface area (Å²) in [6.45, 7) is 6.92. The van der Waals surface area contributed by atoms with Crippen LogP contribution in [0.2, 0.25) is 0 Å². The second-order valence-corrected chi connectivity index (χ2v) is 11.0. The molecule has 2 unspecified atom stereocenters. The van der Waals surface area contributed by atoms with Gasteiger partial charge in [-0.3, -0.25) is 4.79 Å². The number of halogens is 1. The molecule has 2 atom stereocenters. The highest BCUT2D eigenvalue weighted by Crippen LogP contribution is 2.41. The second-order valence-electron chi connectivity index (χ2n) is 11.0. The molecule has 4 nitrogen and oxygen atoms in total. The second kappa shape index (κ2) is 11.9. The molecule has 0 saturated carbocycles. The van der Waals surface area contributed by atoms with Gasteiger partial charge in [0.05, 0.1) is 5.56 Å². The molecule has 4 aromatic carbocycles. The van der Waals surface area contributed by atoms with E-state index in [4.69, 9.17) is 0 Å². The van der Waals surface area contributed by atoms with Gasteiger partial charge in [0.25, 0.3) is 5.91 Å². The number of hydrogen-bond acceptors (Lipinski definition) is 2. The summed E-state index contributed by atoms with van der Waals surface area (Å²) in [5.41, 5.74) is 9.47. The van der Waals surface area contributed by atoms with Gasteiger partial charge in [0.1, 0.15) is 5.82 Å². The molecule has 0 radical (unpaired) electrons. The first kappa shape index (κ1) is 28.0. The van der Waals surface area contributed by atoms with Crippen LogP contribution in [0, 0.1) is 11.7 Å². The molecule has 0 bridgehead atoms. The number of aromatic carboxylic acids is 1. The van der Waals surface area contributed by atoms with Gasteiger partial charge in [0.15, 0.2) is 0 Å². The van der Waals surface area contributed by atoms with Crippen molar-refractivity contribution in [1.29, 1.82) is 0 Å². The van der Waals surface area contributed by atoms with E-state index in [1.165, 1.54) is 34.4 Å². The fourth-order valence-electron chi connectivity index (χ4n) is 5.81. The Kier molecular flexibility index (Phi) is 8.16. The molecule has 0 heterocycles. The Morgan fingerprint density at radius 3 is 2.27 bits per heavy atom. The number of allylic oxidation sites excluding steroid dienone is 2. The van der Waals surface area contributed by atoms with Crippen molar-refractivity contribution in [3.05, 3.63) is 136 Å². The molecule has 0 saturated heterocycles. The van der Waals surface area contributed by atoms with Crippen LogP contribution >= 0.6 is 0 Å². The lowest BCUT2D eigenvalue weighted by Crippen LogP contribution is -2.23. The Bertz CT molecular complexity index is 1620. The monoisotopic (exact) mass is 547 g/mol. The van der Waals surface area contributed by atoms with Crippen LogP contribution in [0.25, 0.3) is 16.7 Å². The summed E-state index contributed by atoms with van der Waals surface area (Å²) in [5, 5.41) is 12.5. The van der Waals surface area contributed by atoms with E-state index in [0.717, 1.165) is 35.1 Å². The van der Waals surface area contributed by atoms with Crippen LogP contribution < -0.4 is 5.32 Å². The van der Waals surface area contributed by atoms with Gasteiger partial charge < -0.3 is 10.4 Å². The number of carbonyl (C=O) groups excluding carboxylic acids is 1. The molecule has 41 heavy (non-hydrogen) atoms. The zero-order chi connectivity index (χ0) is 29.1. The summed E-state index contributed by atoms with van der Waals surface area (Å²) in [6.07, 6.45) is 1.85. The maximum Gasteiger partial charge on any atom is 0.336 e. The van der Waals surface area contributed by atoms with Crippen LogP contribution in [0.3, 0.4) is 0 Å². The lowest BCUT2D eigenvalue weighted by molar-refractivity contribution is 0.0697. The van der Waals surface area contributed by atoms with Crippen molar-refractivity contribution in [2.45, 2.75) is 46.1 Å². The molecule has 208 valence electrons. The number of nitrogens with one attached hydrogen (secondary N) is 1. The van der Waals surface area contributed by atoms with Crippen LogP contribution in [-0.4, -0.2) is 17.0 Å². The SMILES string of the molecule is CC1=C(C)c2cc(C(=O)NCc3ccc(F)cc3)ccc2C(C)C(Cc2ccc(-c3ccccc3C(=O)O)cc2)C1. The normalized spacial score (nSPS) is 16.6. The Balaban J connectivity index is 1.34. The van der Waals surface area contributed by atoms with Crippen molar-refractivity contribution >= 4 is 17.4 Å². The van der Waals surface area contributed by atoms with E-state index in [0.29, 0.717) is 23.6 Å². The molecule has 2 N–H and O–H groups in total. The molecular formula is C36H34FNO3. The van der Waals surface area contributed by atoms with Gasteiger partial charge in [-0.15, -0.1) is 0 Å². The number of carboxylic acid groups (broad SMARTS) is 1. The van der Waals surface area contributed by atoms with E-state index in [1.54, 1.807) is 24.3 Å². The summed E-state index contributed by atoms with van der Waals surface area (Å²) in [7, 11) is 0. The topological polar surface area (TPSA) is 66.4 Å². The van der Waals surface area contributed by atoms with E-state index < -0.39 is 5.97 Å². The van der Waals surface area contributed by atoms with Crippen molar-refractivity contribution in [3.63, 3.8) is 0 Å². The third-order valence-electron chi connectivity index (χ3n) is 8.41. The third kappa shape index (κ3) is 6.14. The summed E-state index contributed by atoms with van der Waals surface area (Å²) in [6, 6.07) is 27.4. The largest absolute Gasteiger partial charge is 0.478 e. The number of hydrogen-bond donors (Lipinski definition) is 2. The highest BCUT2D eigenvalue weighted by Gasteiger charge is 2.27. The zero-order valence-corrected chi connectivity index (χ0v) is 23.6. The first-order chi connectivity index (χ1) is 19.7. The van der Waals surface area contributed by atoms with Crippen LogP contribution in [0.1, 0.15) is 76.1 Å². The van der Waals surface area contributed by atoms with E-state index in [-0.39, 0.29) is 17.6 Å². The van der Waals surface area contributed by atoms with Crippen molar-refractivity contribution in [2.24, 2.45) is 5.92 Å². The Labute approximate surface area is 240 Å². The summed E-state index contributed by atoms with van der Waals surface area (Å²) in [4.78, 5) is 24.7. The van der Waals surface area contributed by atoms with Crippen molar-refractivity contribution in [3.8, 4) is 11.1 Å². The Hall–Kier alpha value is -4.51. The number of carboxylic acids is 1. The van der Waals surface area contributed by atoms with Crippen LogP contribution in [0.5, 0.6) is 0 Å². The average Bonchev–Trinajstić information content (AvgIpc) is 3.07. The minimum absolute atomic E-state index is 0.152. The third-order valence-corrected chi connectivity index (χ3v) is 8.41. The number of rotatable bonds is 7. The number of benzene rings is 4. The minimum Gasteiger partial charge on any atom is -0.478 e. The summed E-state index contributed by atoms with van der Waals surface area (Å²) >= 11 is 0. The van der Waals surface area contributed by atoms with Gasteiger partial charge >= 0.3 is 5.97 Å². The molecule has 1 aliphatic carbocycles. The standard InChI is InChI=1S/C36H34FNO3/c1-22-18-29(19-25-8-12-27(13-9-25)32-6-4-5-7-33(32)36(40)41)24(3)31-17-14-28(20-34(31)23(22)2)35(39)38-21-26-10-15-30(37)16-11-26/h4-17,20,24,29H,18-19,21H2,1-3H3,(H,38,39)(H,40,41). The van der Waals surface area contributed by atoms with Gasteiger partial charge in [-0.05, 0) is 108 Å². The Morgan fingerprint density at radius 1 is 0.878 bits per heavy atom. The van der Waals surface area contributed by atoms with Gasteiger partial charge in [0.2, 0.25) is 0 Å². The van der Waals surface area contributed by atoms with Crippen LogP contribution in [0.4, 0.5) is 4.39 Å². The molecular weight excluding hydrogens is 513 g/mol. The van der Waals surface area contributed by atoms with Crippen LogP contribution in [-0.2, 0) is 13.0 Å². The van der Waals surface area contributed by atoms with E-state index in [2.05, 4.69) is 44.3 Å². The maximum absolute atomic E-state index is 13.2. The highest BCUT2D eigenvalue weighted by atomic mass is 19.1. The predicted molar refractivity (Wildman–Crippen MR) is 161 cm³/mol. The number of fused-ring (bicyclic) bond motifs is 1. The lowest BCUT2D eigenvalue weighted by atomic mass is 9.80. The molecule has 0 aromatic heterocycles. The van der Waals surface area contributed by atoms with Crippen molar-refractivity contribution in [1.82, 2.24) is 5.32 Å². The summed E-state index contributed by atoms with van der Waals surface area (Å²) < 4.78 is 13.2.